The van der Waals surface area contributed by atoms with E-state index in [1.165, 1.54) is 6.42 Å². The number of carbonyl (C=O) groups excluding carboxylic acids is 1. The second-order valence-electron chi connectivity index (χ2n) is 5.07. The van der Waals surface area contributed by atoms with Gasteiger partial charge in [-0.1, -0.05) is 5.16 Å². The summed E-state index contributed by atoms with van der Waals surface area (Å²) in [5.74, 6) is 1.01. The Morgan fingerprint density at radius 2 is 2.26 bits per heavy atom. The SMILES string of the molecule is Cc1noc(C)c1C(=O)NC(C)C1CCCNC1.Cl. The van der Waals surface area contributed by atoms with Gasteiger partial charge in [-0.2, -0.15) is 0 Å². The van der Waals surface area contributed by atoms with Gasteiger partial charge in [0.25, 0.3) is 5.91 Å². The molecule has 0 aliphatic carbocycles. The first-order valence-corrected chi connectivity index (χ1v) is 6.54. The average Bonchev–Trinajstić information content (AvgIpc) is 2.70. The Balaban J connectivity index is 0.00000180. The number of amides is 1. The van der Waals surface area contributed by atoms with E-state index in [1.54, 1.807) is 13.8 Å². The van der Waals surface area contributed by atoms with Crippen molar-refractivity contribution in [2.24, 2.45) is 5.92 Å². The van der Waals surface area contributed by atoms with E-state index in [4.69, 9.17) is 4.52 Å². The number of piperidine rings is 1. The molecule has 1 aromatic heterocycles. The van der Waals surface area contributed by atoms with Gasteiger partial charge in [-0.3, -0.25) is 4.79 Å². The number of rotatable bonds is 3. The molecule has 1 amide bonds. The monoisotopic (exact) mass is 287 g/mol. The highest BCUT2D eigenvalue weighted by molar-refractivity contribution is 5.96. The minimum atomic E-state index is -0.0793. The van der Waals surface area contributed by atoms with Crippen LogP contribution in [-0.2, 0) is 0 Å². The lowest BCUT2D eigenvalue weighted by atomic mass is 9.92. The normalized spacial score (nSPS) is 20.5. The van der Waals surface area contributed by atoms with Crippen molar-refractivity contribution in [1.29, 1.82) is 0 Å². The topological polar surface area (TPSA) is 67.2 Å². The third-order valence-corrected chi connectivity index (χ3v) is 3.66. The third kappa shape index (κ3) is 3.70. The fraction of sp³-hybridized carbons (Fsp3) is 0.692. The Hall–Kier alpha value is -1.07. The smallest absolute Gasteiger partial charge is 0.257 e. The summed E-state index contributed by atoms with van der Waals surface area (Å²) in [7, 11) is 0. The van der Waals surface area contributed by atoms with E-state index in [2.05, 4.69) is 22.7 Å². The van der Waals surface area contributed by atoms with Crippen molar-refractivity contribution >= 4 is 18.3 Å². The summed E-state index contributed by atoms with van der Waals surface area (Å²) in [5, 5.41) is 10.2. The highest BCUT2D eigenvalue weighted by Crippen LogP contribution is 2.16. The van der Waals surface area contributed by atoms with Crippen molar-refractivity contribution in [3.05, 3.63) is 17.0 Å². The summed E-state index contributed by atoms with van der Waals surface area (Å²) in [4.78, 5) is 12.2. The lowest BCUT2D eigenvalue weighted by Gasteiger charge is -2.28. The van der Waals surface area contributed by atoms with E-state index < -0.39 is 0 Å². The Bertz CT molecular complexity index is 408. The number of hydrogen-bond acceptors (Lipinski definition) is 4. The van der Waals surface area contributed by atoms with Crippen LogP contribution in [0.15, 0.2) is 4.52 Å². The molecule has 19 heavy (non-hydrogen) atoms. The van der Waals surface area contributed by atoms with Gasteiger partial charge in [0.2, 0.25) is 0 Å². The zero-order chi connectivity index (χ0) is 13.1. The zero-order valence-corrected chi connectivity index (χ0v) is 12.5. The summed E-state index contributed by atoms with van der Waals surface area (Å²) in [6.07, 6.45) is 2.34. The largest absolute Gasteiger partial charge is 0.361 e. The number of aromatic nitrogens is 1. The molecule has 0 spiro atoms. The van der Waals surface area contributed by atoms with Gasteiger partial charge in [-0.15, -0.1) is 12.4 Å². The van der Waals surface area contributed by atoms with E-state index in [0.717, 1.165) is 19.5 Å². The molecule has 6 heteroatoms. The van der Waals surface area contributed by atoms with Gasteiger partial charge >= 0.3 is 0 Å². The van der Waals surface area contributed by atoms with Crippen LogP contribution in [0.1, 0.15) is 41.6 Å². The Morgan fingerprint density at radius 3 is 2.79 bits per heavy atom. The molecule has 0 saturated carbocycles. The molecule has 0 radical (unpaired) electrons. The molecule has 1 aliphatic heterocycles. The minimum Gasteiger partial charge on any atom is -0.361 e. The molecule has 2 heterocycles. The Morgan fingerprint density at radius 1 is 1.53 bits per heavy atom. The fourth-order valence-electron chi connectivity index (χ4n) is 2.51. The lowest BCUT2D eigenvalue weighted by molar-refractivity contribution is 0.0920. The molecule has 0 bridgehead atoms. The van der Waals surface area contributed by atoms with Gasteiger partial charge in [0.15, 0.2) is 0 Å². The molecule has 2 unspecified atom stereocenters. The molecule has 1 aromatic rings. The molecule has 1 fully saturated rings. The van der Waals surface area contributed by atoms with Gasteiger partial charge in [-0.05, 0) is 52.6 Å². The quantitative estimate of drug-likeness (QED) is 0.890. The van der Waals surface area contributed by atoms with Crippen LogP contribution >= 0.6 is 12.4 Å². The standard InChI is InChI=1S/C13H21N3O2.ClH/c1-8(11-5-4-6-14-7-11)15-13(17)12-9(2)16-18-10(12)3;/h8,11,14H,4-7H2,1-3H3,(H,15,17);1H. The van der Waals surface area contributed by atoms with Crippen LogP contribution in [0.2, 0.25) is 0 Å². The van der Waals surface area contributed by atoms with Gasteiger partial charge in [0, 0.05) is 6.04 Å². The summed E-state index contributed by atoms with van der Waals surface area (Å²) in [5.41, 5.74) is 1.23. The summed E-state index contributed by atoms with van der Waals surface area (Å²) >= 11 is 0. The maximum Gasteiger partial charge on any atom is 0.257 e. The molecule has 5 nitrogen and oxygen atoms in total. The summed E-state index contributed by atoms with van der Waals surface area (Å²) in [6.45, 7) is 7.68. The van der Waals surface area contributed by atoms with E-state index in [-0.39, 0.29) is 24.4 Å². The maximum absolute atomic E-state index is 12.2. The van der Waals surface area contributed by atoms with E-state index >= 15 is 0 Å². The summed E-state index contributed by atoms with van der Waals surface area (Å²) < 4.78 is 5.02. The molecule has 1 aliphatic rings. The van der Waals surface area contributed by atoms with Crippen LogP contribution in [0.3, 0.4) is 0 Å². The molecule has 1 saturated heterocycles. The fourth-order valence-corrected chi connectivity index (χ4v) is 2.51. The number of nitrogens with one attached hydrogen (secondary N) is 2. The Labute approximate surface area is 119 Å². The van der Waals surface area contributed by atoms with Crippen LogP contribution in [0.25, 0.3) is 0 Å². The first kappa shape index (κ1) is 16.0. The molecular weight excluding hydrogens is 266 g/mol. The van der Waals surface area contributed by atoms with Crippen molar-refractivity contribution in [2.45, 2.75) is 39.7 Å². The van der Waals surface area contributed by atoms with Crippen LogP contribution in [0.5, 0.6) is 0 Å². The maximum atomic E-state index is 12.2. The van der Waals surface area contributed by atoms with E-state index in [9.17, 15) is 4.79 Å². The first-order valence-electron chi connectivity index (χ1n) is 6.54. The third-order valence-electron chi connectivity index (χ3n) is 3.66. The highest BCUT2D eigenvalue weighted by atomic mass is 35.5. The van der Waals surface area contributed by atoms with Gasteiger partial charge in [0.1, 0.15) is 11.3 Å². The van der Waals surface area contributed by atoms with Crippen molar-refractivity contribution in [3.63, 3.8) is 0 Å². The van der Waals surface area contributed by atoms with Gasteiger partial charge in [-0.25, -0.2) is 0 Å². The molecule has 0 aromatic carbocycles. The minimum absolute atomic E-state index is 0. The molecule has 2 N–H and O–H groups in total. The number of halogens is 1. The highest BCUT2D eigenvalue weighted by Gasteiger charge is 2.24. The summed E-state index contributed by atoms with van der Waals surface area (Å²) in [6, 6.07) is 0.166. The molecular formula is C13H22ClN3O2. The van der Waals surface area contributed by atoms with Crippen molar-refractivity contribution in [3.8, 4) is 0 Å². The number of aryl methyl sites for hydroxylation is 2. The molecule has 108 valence electrons. The number of nitrogens with zero attached hydrogens (tertiary/aromatic N) is 1. The van der Waals surface area contributed by atoms with Crippen LogP contribution in [-0.4, -0.2) is 30.2 Å². The van der Waals surface area contributed by atoms with Crippen LogP contribution in [0.4, 0.5) is 0 Å². The zero-order valence-electron chi connectivity index (χ0n) is 11.7. The van der Waals surface area contributed by atoms with Gasteiger partial charge < -0.3 is 15.2 Å². The number of carbonyl (C=O) groups is 1. The predicted octanol–water partition coefficient (Wildman–Crippen LogP) is 1.83. The van der Waals surface area contributed by atoms with Crippen molar-refractivity contribution in [2.75, 3.05) is 13.1 Å². The van der Waals surface area contributed by atoms with Crippen LogP contribution in [0, 0.1) is 19.8 Å². The second kappa shape index (κ2) is 6.91. The van der Waals surface area contributed by atoms with E-state index in [0.29, 0.717) is 22.9 Å². The van der Waals surface area contributed by atoms with Gasteiger partial charge in [0.05, 0.1) is 5.69 Å². The number of hydrogen-bond donors (Lipinski definition) is 2. The first-order chi connectivity index (χ1) is 8.59. The van der Waals surface area contributed by atoms with Crippen molar-refractivity contribution < 1.29 is 9.32 Å². The molecule has 2 atom stereocenters. The lowest BCUT2D eigenvalue weighted by Crippen LogP contribution is -2.44. The second-order valence-corrected chi connectivity index (χ2v) is 5.07. The predicted molar refractivity (Wildman–Crippen MR) is 75.7 cm³/mol. The molecule has 2 rings (SSSR count). The van der Waals surface area contributed by atoms with Crippen molar-refractivity contribution in [1.82, 2.24) is 15.8 Å². The average molecular weight is 288 g/mol. The van der Waals surface area contributed by atoms with E-state index in [1.807, 2.05) is 0 Å². The van der Waals surface area contributed by atoms with Crippen LogP contribution < -0.4 is 10.6 Å². The Kier molecular flexibility index (Phi) is 5.82.